The summed E-state index contributed by atoms with van der Waals surface area (Å²) in [7, 11) is 0. The summed E-state index contributed by atoms with van der Waals surface area (Å²) in [5.74, 6) is 0.427. The normalized spacial score (nSPS) is 10.9. The summed E-state index contributed by atoms with van der Waals surface area (Å²) in [6, 6.07) is 16.8. The van der Waals surface area contributed by atoms with Gasteiger partial charge in [-0.1, -0.05) is 36.0 Å². The van der Waals surface area contributed by atoms with Crippen molar-refractivity contribution in [2.75, 3.05) is 11.1 Å². The highest BCUT2D eigenvalue weighted by Gasteiger charge is 2.15. The second-order valence-electron chi connectivity index (χ2n) is 7.46. The highest BCUT2D eigenvalue weighted by molar-refractivity contribution is 7.99. The Hall–Kier alpha value is -3.45. The van der Waals surface area contributed by atoms with Crippen LogP contribution in [0.25, 0.3) is 16.7 Å². The number of anilines is 1. The maximum atomic E-state index is 13.2. The third-order valence-electron chi connectivity index (χ3n) is 4.71. The number of carbonyl (C=O) groups is 1. The van der Waals surface area contributed by atoms with Crippen LogP contribution in [0.15, 0.2) is 70.7 Å². The van der Waals surface area contributed by atoms with Gasteiger partial charge >= 0.3 is 0 Å². The average Bonchev–Trinajstić information content (AvgIpc) is 2.72. The zero-order valence-corrected chi connectivity index (χ0v) is 18.4. The molecule has 1 N–H and O–H groups in total. The summed E-state index contributed by atoms with van der Waals surface area (Å²) >= 11 is 1.21. The Bertz CT molecular complexity index is 1310. The van der Waals surface area contributed by atoms with Gasteiger partial charge in [0.2, 0.25) is 5.91 Å². The third-order valence-corrected chi connectivity index (χ3v) is 5.65. The Morgan fingerprint density at radius 3 is 2.45 bits per heavy atom. The van der Waals surface area contributed by atoms with Crippen LogP contribution in [0.2, 0.25) is 0 Å². The number of rotatable bonds is 5. The molecule has 1 amide bonds. The van der Waals surface area contributed by atoms with Crippen molar-refractivity contribution in [1.82, 2.24) is 14.5 Å². The quantitative estimate of drug-likeness (QED) is 0.374. The van der Waals surface area contributed by atoms with E-state index >= 15 is 0 Å². The minimum atomic E-state index is -0.209. The van der Waals surface area contributed by atoms with Crippen LogP contribution < -0.4 is 10.9 Å². The van der Waals surface area contributed by atoms with Gasteiger partial charge in [0.1, 0.15) is 5.82 Å². The van der Waals surface area contributed by atoms with Gasteiger partial charge in [-0.05, 0) is 67.8 Å². The van der Waals surface area contributed by atoms with Crippen LogP contribution in [0.3, 0.4) is 0 Å². The van der Waals surface area contributed by atoms with Crippen molar-refractivity contribution in [3.05, 3.63) is 87.8 Å². The Balaban J connectivity index is 1.66. The topological polar surface area (TPSA) is 76.9 Å². The summed E-state index contributed by atoms with van der Waals surface area (Å²) in [4.78, 5) is 34.8. The number of aryl methyl sites for hydroxylation is 3. The van der Waals surface area contributed by atoms with Gasteiger partial charge in [0.05, 0.1) is 16.7 Å². The van der Waals surface area contributed by atoms with E-state index in [2.05, 4.69) is 21.4 Å². The zero-order chi connectivity index (χ0) is 22.0. The van der Waals surface area contributed by atoms with Gasteiger partial charge in [-0.2, -0.15) is 0 Å². The van der Waals surface area contributed by atoms with E-state index in [1.165, 1.54) is 16.3 Å². The van der Waals surface area contributed by atoms with Crippen molar-refractivity contribution >= 4 is 34.3 Å². The van der Waals surface area contributed by atoms with Gasteiger partial charge in [0, 0.05) is 11.9 Å². The fourth-order valence-corrected chi connectivity index (χ4v) is 4.18. The van der Waals surface area contributed by atoms with Crippen LogP contribution >= 0.6 is 11.8 Å². The zero-order valence-electron chi connectivity index (χ0n) is 17.5. The average molecular weight is 431 g/mol. The van der Waals surface area contributed by atoms with Crippen LogP contribution in [-0.2, 0) is 4.79 Å². The van der Waals surface area contributed by atoms with Crippen LogP contribution in [0.5, 0.6) is 0 Å². The lowest BCUT2D eigenvalue weighted by Gasteiger charge is -2.13. The number of carbonyl (C=O) groups excluding carboxylic acids is 1. The number of para-hydroxylation sites is 1. The molecule has 0 aliphatic rings. The fraction of sp³-hybridized carbons (Fsp3) is 0.167. The number of benzene rings is 2. The molecule has 2 aromatic carbocycles. The molecule has 0 fully saturated rings. The first-order chi connectivity index (χ1) is 14.9. The molecule has 0 radical (unpaired) electrons. The van der Waals surface area contributed by atoms with Gasteiger partial charge in [-0.25, -0.2) is 14.5 Å². The molecule has 0 saturated heterocycles. The van der Waals surface area contributed by atoms with Crippen LogP contribution in [0.4, 0.5) is 5.69 Å². The maximum Gasteiger partial charge on any atom is 0.267 e. The van der Waals surface area contributed by atoms with Crippen molar-refractivity contribution in [1.29, 1.82) is 0 Å². The van der Waals surface area contributed by atoms with E-state index in [-0.39, 0.29) is 17.2 Å². The van der Waals surface area contributed by atoms with Crippen LogP contribution in [-0.4, -0.2) is 26.2 Å². The number of hydrogen-bond donors (Lipinski definition) is 1. The first-order valence-corrected chi connectivity index (χ1v) is 10.8. The Morgan fingerprint density at radius 2 is 1.74 bits per heavy atom. The largest absolute Gasteiger partial charge is 0.325 e. The summed E-state index contributed by atoms with van der Waals surface area (Å²) in [6.45, 7) is 5.92. The van der Waals surface area contributed by atoms with Gasteiger partial charge in [0.25, 0.3) is 5.56 Å². The van der Waals surface area contributed by atoms with E-state index in [4.69, 9.17) is 0 Å². The third kappa shape index (κ3) is 4.67. The van der Waals surface area contributed by atoms with Crippen molar-refractivity contribution in [2.24, 2.45) is 0 Å². The number of pyridine rings is 1. The summed E-state index contributed by atoms with van der Waals surface area (Å²) in [5.41, 5.74) is 4.30. The summed E-state index contributed by atoms with van der Waals surface area (Å²) < 4.78 is 1.47. The second kappa shape index (κ2) is 8.73. The molecular formula is C24H22N4O2S. The Kier molecular flexibility index (Phi) is 5.86. The molecule has 7 heteroatoms. The molecule has 156 valence electrons. The molecule has 2 aromatic heterocycles. The molecule has 4 aromatic rings. The number of hydrogen-bond acceptors (Lipinski definition) is 5. The lowest BCUT2D eigenvalue weighted by molar-refractivity contribution is -0.113. The molecule has 0 spiro atoms. The number of fused-ring (bicyclic) bond motifs is 1. The van der Waals surface area contributed by atoms with Crippen molar-refractivity contribution < 1.29 is 4.79 Å². The molecule has 2 heterocycles. The molecule has 0 bridgehead atoms. The smallest absolute Gasteiger partial charge is 0.267 e. The number of thioether (sulfide) groups is 1. The van der Waals surface area contributed by atoms with E-state index < -0.39 is 0 Å². The van der Waals surface area contributed by atoms with Gasteiger partial charge in [-0.3, -0.25) is 9.59 Å². The van der Waals surface area contributed by atoms with Gasteiger partial charge in [0.15, 0.2) is 5.16 Å². The number of aromatic nitrogens is 3. The highest BCUT2D eigenvalue weighted by Crippen LogP contribution is 2.21. The molecule has 0 saturated carbocycles. The minimum Gasteiger partial charge on any atom is -0.325 e. The fourth-order valence-electron chi connectivity index (χ4n) is 3.38. The lowest BCUT2D eigenvalue weighted by atomic mass is 10.1. The van der Waals surface area contributed by atoms with E-state index in [0.29, 0.717) is 21.9 Å². The highest BCUT2D eigenvalue weighted by atomic mass is 32.2. The van der Waals surface area contributed by atoms with E-state index in [1.807, 2.05) is 51.1 Å². The molecule has 0 aliphatic carbocycles. The monoisotopic (exact) mass is 430 g/mol. The maximum absolute atomic E-state index is 13.2. The van der Waals surface area contributed by atoms with E-state index in [1.54, 1.807) is 24.4 Å². The number of nitrogens with zero attached hydrogens (tertiary/aromatic N) is 3. The predicted octanol–water partition coefficient (Wildman–Crippen LogP) is 4.44. The SMILES string of the molecule is Cc1ccc(-n2c(SCC(=O)Nc3cc(C)cc(C)c3)nc3ccccc3c2=O)nc1. The van der Waals surface area contributed by atoms with Crippen molar-refractivity contribution in [3.8, 4) is 5.82 Å². The summed E-state index contributed by atoms with van der Waals surface area (Å²) in [5, 5.41) is 3.86. The van der Waals surface area contributed by atoms with E-state index in [9.17, 15) is 9.59 Å². The molecule has 6 nitrogen and oxygen atoms in total. The van der Waals surface area contributed by atoms with Gasteiger partial charge < -0.3 is 5.32 Å². The first-order valence-electron chi connectivity index (χ1n) is 9.86. The predicted molar refractivity (Wildman–Crippen MR) is 125 cm³/mol. The number of amides is 1. The molecule has 31 heavy (non-hydrogen) atoms. The number of nitrogens with one attached hydrogen (secondary N) is 1. The molecule has 0 unspecified atom stereocenters. The van der Waals surface area contributed by atoms with Crippen LogP contribution in [0, 0.1) is 20.8 Å². The van der Waals surface area contributed by atoms with Crippen molar-refractivity contribution in [2.45, 2.75) is 25.9 Å². The standard InChI is InChI=1S/C24H22N4O2S/c1-15-8-9-21(25-13-15)28-23(30)19-6-4-5-7-20(19)27-24(28)31-14-22(29)26-18-11-16(2)10-17(3)12-18/h4-13H,14H2,1-3H3,(H,26,29). The molecular weight excluding hydrogens is 408 g/mol. The lowest BCUT2D eigenvalue weighted by Crippen LogP contribution is -2.23. The molecule has 0 aliphatic heterocycles. The second-order valence-corrected chi connectivity index (χ2v) is 8.40. The Morgan fingerprint density at radius 1 is 1.00 bits per heavy atom. The van der Waals surface area contributed by atoms with Crippen molar-refractivity contribution in [3.63, 3.8) is 0 Å². The van der Waals surface area contributed by atoms with Crippen LogP contribution in [0.1, 0.15) is 16.7 Å². The first kappa shape index (κ1) is 20.8. The van der Waals surface area contributed by atoms with Gasteiger partial charge in [-0.15, -0.1) is 0 Å². The minimum absolute atomic E-state index is 0.115. The molecule has 0 atom stereocenters. The molecule has 4 rings (SSSR count). The van der Waals surface area contributed by atoms with E-state index in [0.717, 1.165) is 22.4 Å². The Labute approximate surface area is 184 Å². The summed E-state index contributed by atoms with van der Waals surface area (Å²) in [6.07, 6.45) is 1.71.